The number of pyridine rings is 1. The highest BCUT2D eigenvalue weighted by Crippen LogP contribution is 2.27. The number of carbonyl (C=O) groups is 1. The molecule has 36 heavy (non-hydrogen) atoms. The highest BCUT2D eigenvalue weighted by atomic mass is 35.5. The summed E-state index contributed by atoms with van der Waals surface area (Å²) in [6, 6.07) is 13.4. The van der Waals surface area contributed by atoms with Gasteiger partial charge in [-0.1, -0.05) is 11.6 Å². The highest BCUT2D eigenvalue weighted by molar-refractivity contribution is 7.92. The molecule has 1 aliphatic rings. The molecule has 1 aromatic heterocycles. The number of anilines is 2. The van der Waals surface area contributed by atoms with Crippen molar-refractivity contribution < 1.29 is 26.4 Å². The molecule has 1 N–H and O–H groups in total. The smallest absolute Gasteiger partial charge is 0.369 e. The number of nitrogens with zero attached hydrogens (tertiary/aromatic N) is 3. The molecule has 0 radical (unpaired) electrons. The van der Waals surface area contributed by atoms with E-state index in [0.29, 0.717) is 24.3 Å². The molecule has 190 valence electrons. The Hall–Kier alpha value is -3.15. The fourth-order valence-electron chi connectivity index (χ4n) is 3.91. The van der Waals surface area contributed by atoms with Gasteiger partial charge >= 0.3 is 6.18 Å². The molecule has 1 saturated heterocycles. The number of aromatic nitrogens is 1. The summed E-state index contributed by atoms with van der Waals surface area (Å²) < 4.78 is 66.4. The number of sulfonamides is 1. The van der Waals surface area contributed by atoms with Crippen LogP contribution in [0.5, 0.6) is 0 Å². The summed E-state index contributed by atoms with van der Waals surface area (Å²) >= 11 is 6.06. The molecule has 3 aromatic rings. The third-order valence-electron chi connectivity index (χ3n) is 5.70. The fraction of sp³-hybridized carbons (Fsp3) is 0.250. The van der Waals surface area contributed by atoms with Gasteiger partial charge in [0.15, 0.2) is 5.78 Å². The molecular formula is C24H22ClF3N4O3S. The quantitative estimate of drug-likeness (QED) is 0.448. The first-order valence-corrected chi connectivity index (χ1v) is 12.8. The lowest BCUT2D eigenvalue weighted by atomic mass is 10.0. The van der Waals surface area contributed by atoms with Gasteiger partial charge in [0.2, 0.25) is 0 Å². The van der Waals surface area contributed by atoms with E-state index in [1.165, 1.54) is 59.8 Å². The summed E-state index contributed by atoms with van der Waals surface area (Å²) in [7, 11) is -4.05. The molecule has 12 heteroatoms. The Morgan fingerprint density at radius 1 is 0.972 bits per heavy atom. The Balaban J connectivity index is 1.48. The first kappa shape index (κ1) is 25.9. The van der Waals surface area contributed by atoms with Crippen LogP contribution in [-0.4, -0.2) is 63.0 Å². The van der Waals surface area contributed by atoms with Crippen molar-refractivity contribution in [2.24, 2.45) is 0 Å². The van der Waals surface area contributed by atoms with E-state index in [-0.39, 0.29) is 34.3 Å². The number of piperazine rings is 1. The molecule has 1 aliphatic heterocycles. The minimum atomic E-state index is -4.24. The second-order valence-corrected chi connectivity index (χ2v) is 10.4. The van der Waals surface area contributed by atoms with Gasteiger partial charge < -0.3 is 4.90 Å². The first-order valence-electron chi connectivity index (χ1n) is 10.9. The van der Waals surface area contributed by atoms with Crippen LogP contribution in [0.15, 0.2) is 71.9 Å². The zero-order valence-electron chi connectivity index (χ0n) is 18.9. The number of halogens is 4. The third-order valence-corrected chi connectivity index (χ3v) is 7.32. The van der Waals surface area contributed by atoms with Crippen LogP contribution in [0.25, 0.3) is 0 Å². The van der Waals surface area contributed by atoms with Crippen LogP contribution in [0.2, 0.25) is 5.02 Å². The monoisotopic (exact) mass is 538 g/mol. The summed E-state index contributed by atoms with van der Waals surface area (Å²) in [4.78, 5) is 20.1. The molecule has 2 heterocycles. The van der Waals surface area contributed by atoms with Crippen molar-refractivity contribution in [1.82, 2.24) is 9.88 Å². The SMILES string of the molecule is O=C(c1ccncc1)c1cc(Cl)ccc1NS(=O)(=O)c1ccc(N2CCN(CC(F)(F)F)CC2)cc1. The van der Waals surface area contributed by atoms with Crippen molar-refractivity contribution in [3.05, 3.63) is 83.1 Å². The Labute approximate surface area is 211 Å². The number of ketones is 1. The molecular weight excluding hydrogens is 517 g/mol. The van der Waals surface area contributed by atoms with Crippen LogP contribution < -0.4 is 9.62 Å². The van der Waals surface area contributed by atoms with Gasteiger partial charge in [0, 0.05) is 60.4 Å². The normalized spacial score (nSPS) is 15.1. The molecule has 0 spiro atoms. The number of hydrogen-bond donors (Lipinski definition) is 1. The molecule has 4 rings (SSSR count). The minimum absolute atomic E-state index is 0.0285. The molecule has 0 aliphatic carbocycles. The van der Waals surface area contributed by atoms with E-state index in [4.69, 9.17) is 11.6 Å². The lowest BCUT2D eigenvalue weighted by Gasteiger charge is -2.36. The maximum atomic E-state index is 13.1. The Kier molecular flexibility index (Phi) is 7.53. The Morgan fingerprint density at radius 2 is 1.61 bits per heavy atom. The Bertz CT molecular complexity index is 1330. The third kappa shape index (κ3) is 6.34. The highest BCUT2D eigenvalue weighted by Gasteiger charge is 2.32. The maximum absolute atomic E-state index is 13.1. The molecule has 1 fully saturated rings. The second-order valence-electron chi connectivity index (χ2n) is 8.23. The van der Waals surface area contributed by atoms with E-state index >= 15 is 0 Å². The molecule has 0 saturated carbocycles. The molecule has 0 amide bonds. The van der Waals surface area contributed by atoms with Gasteiger partial charge in [0.05, 0.1) is 17.1 Å². The van der Waals surface area contributed by atoms with Gasteiger partial charge in [-0.3, -0.25) is 19.4 Å². The fourth-order valence-corrected chi connectivity index (χ4v) is 5.16. The second kappa shape index (κ2) is 10.5. The number of benzene rings is 2. The average molecular weight is 539 g/mol. The summed E-state index contributed by atoms with van der Waals surface area (Å²) in [6.07, 6.45) is -1.32. The first-order chi connectivity index (χ1) is 17.0. The van der Waals surface area contributed by atoms with Crippen molar-refractivity contribution in [3.63, 3.8) is 0 Å². The number of nitrogens with one attached hydrogen (secondary N) is 1. The van der Waals surface area contributed by atoms with Crippen molar-refractivity contribution >= 4 is 38.8 Å². The molecule has 0 atom stereocenters. The lowest BCUT2D eigenvalue weighted by molar-refractivity contribution is -0.146. The summed E-state index contributed by atoms with van der Waals surface area (Å²) in [5, 5.41) is 0.273. The number of carbonyl (C=O) groups excluding carboxylic acids is 1. The van der Waals surface area contributed by atoms with Crippen LogP contribution in [0, 0.1) is 0 Å². The summed E-state index contributed by atoms with van der Waals surface area (Å²) in [6.45, 7) is 0.356. The Morgan fingerprint density at radius 3 is 2.22 bits per heavy atom. The largest absolute Gasteiger partial charge is 0.401 e. The van der Waals surface area contributed by atoms with Crippen molar-refractivity contribution in [2.75, 3.05) is 42.3 Å². The number of hydrogen-bond acceptors (Lipinski definition) is 6. The summed E-state index contributed by atoms with van der Waals surface area (Å²) in [5.74, 6) is -0.419. The maximum Gasteiger partial charge on any atom is 0.401 e. The van der Waals surface area contributed by atoms with Crippen LogP contribution >= 0.6 is 11.6 Å². The minimum Gasteiger partial charge on any atom is -0.369 e. The van der Waals surface area contributed by atoms with Crippen molar-refractivity contribution in [1.29, 1.82) is 0 Å². The molecule has 2 aromatic carbocycles. The van der Waals surface area contributed by atoms with Gasteiger partial charge in [-0.2, -0.15) is 13.2 Å². The number of alkyl halides is 3. The van der Waals surface area contributed by atoms with Crippen LogP contribution in [0.3, 0.4) is 0 Å². The van der Waals surface area contributed by atoms with Crippen LogP contribution in [-0.2, 0) is 10.0 Å². The molecule has 7 nitrogen and oxygen atoms in total. The van der Waals surface area contributed by atoms with Crippen molar-refractivity contribution in [3.8, 4) is 0 Å². The molecule has 0 bridgehead atoms. The van der Waals surface area contributed by atoms with E-state index in [2.05, 4.69) is 9.71 Å². The van der Waals surface area contributed by atoms with E-state index in [1.54, 1.807) is 12.1 Å². The van der Waals surface area contributed by atoms with Gasteiger partial charge in [-0.25, -0.2) is 8.42 Å². The van der Waals surface area contributed by atoms with Crippen LogP contribution in [0.4, 0.5) is 24.5 Å². The van der Waals surface area contributed by atoms with Crippen molar-refractivity contribution in [2.45, 2.75) is 11.1 Å². The van der Waals surface area contributed by atoms with E-state index < -0.39 is 28.5 Å². The van der Waals surface area contributed by atoms with Crippen LogP contribution in [0.1, 0.15) is 15.9 Å². The standard InChI is InChI=1S/C24H22ClF3N4O3S/c25-18-1-6-22(21(15-18)23(33)17-7-9-29-10-8-17)30-36(34,35)20-4-2-19(3-5-20)32-13-11-31(12-14-32)16-24(26,27)28/h1-10,15,30H,11-14,16H2. The van der Waals surface area contributed by atoms with Gasteiger partial charge in [0.1, 0.15) is 0 Å². The zero-order valence-corrected chi connectivity index (χ0v) is 20.4. The van der Waals surface area contributed by atoms with E-state index in [9.17, 15) is 26.4 Å². The topological polar surface area (TPSA) is 82.6 Å². The molecule has 0 unspecified atom stereocenters. The average Bonchev–Trinajstić information content (AvgIpc) is 2.85. The predicted octanol–water partition coefficient (Wildman–Crippen LogP) is 4.45. The van der Waals surface area contributed by atoms with Gasteiger partial charge in [-0.05, 0) is 54.6 Å². The zero-order chi connectivity index (χ0) is 25.9. The lowest BCUT2D eigenvalue weighted by Crippen LogP contribution is -2.49. The number of rotatable bonds is 7. The van der Waals surface area contributed by atoms with Gasteiger partial charge in [0.25, 0.3) is 10.0 Å². The predicted molar refractivity (Wildman–Crippen MR) is 131 cm³/mol. The van der Waals surface area contributed by atoms with E-state index in [0.717, 1.165) is 0 Å². The van der Waals surface area contributed by atoms with E-state index in [1.807, 2.05) is 4.90 Å². The summed E-state index contributed by atoms with van der Waals surface area (Å²) in [5.41, 5.74) is 1.20. The van der Waals surface area contributed by atoms with Gasteiger partial charge in [-0.15, -0.1) is 0 Å².